The Labute approximate surface area is 222 Å². The smallest absolute Gasteiger partial charge is 0.312 e. The van der Waals surface area contributed by atoms with Gasteiger partial charge in [-0.3, -0.25) is 9.59 Å². The van der Waals surface area contributed by atoms with E-state index in [-0.39, 0.29) is 30.8 Å². The molecule has 0 bridgehead atoms. The molecule has 3 N–H and O–H groups in total. The first kappa shape index (κ1) is 30.0. The fourth-order valence-corrected chi connectivity index (χ4v) is 6.61. The minimum Gasteiger partial charge on any atom is -0.459 e. The molecule has 1 spiro atoms. The molecule has 1 saturated heterocycles. The van der Waals surface area contributed by atoms with Crippen LogP contribution in [0.5, 0.6) is 0 Å². The van der Waals surface area contributed by atoms with Gasteiger partial charge in [0.2, 0.25) is 0 Å². The summed E-state index contributed by atoms with van der Waals surface area (Å²) in [5.74, 6) is -1.20. The molecule has 3 rings (SSSR count). The number of carbonyl (C=O) groups is 2. The van der Waals surface area contributed by atoms with Crippen LogP contribution in [-0.2, 0) is 19.1 Å². The minimum absolute atomic E-state index is 0.00925. The van der Waals surface area contributed by atoms with Gasteiger partial charge in [0.1, 0.15) is 11.7 Å². The van der Waals surface area contributed by atoms with E-state index < -0.39 is 41.2 Å². The lowest BCUT2D eigenvalue weighted by Crippen LogP contribution is -2.59. The summed E-state index contributed by atoms with van der Waals surface area (Å²) in [5.41, 5.74) is 0.713. The van der Waals surface area contributed by atoms with E-state index in [0.717, 1.165) is 32.1 Å². The molecule has 0 radical (unpaired) electrons. The van der Waals surface area contributed by atoms with Crippen molar-refractivity contribution in [1.29, 1.82) is 0 Å². The van der Waals surface area contributed by atoms with Gasteiger partial charge in [0, 0.05) is 17.9 Å². The summed E-state index contributed by atoms with van der Waals surface area (Å²) in [6.07, 6.45) is 6.87. The summed E-state index contributed by atoms with van der Waals surface area (Å²) < 4.78 is 12.2. The molecule has 1 heterocycles. The van der Waals surface area contributed by atoms with Gasteiger partial charge in [-0.2, -0.15) is 0 Å². The van der Waals surface area contributed by atoms with E-state index in [2.05, 4.69) is 20.8 Å². The number of hydrogen-bond donors (Lipinski definition) is 3. The van der Waals surface area contributed by atoms with Gasteiger partial charge < -0.3 is 24.8 Å². The molecule has 0 aromatic heterocycles. The van der Waals surface area contributed by atoms with Gasteiger partial charge in [-0.15, -0.1) is 0 Å². The summed E-state index contributed by atoms with van der Waals surface area (Å²) in [7, 11) is 0. The number of aliphatic hydroxyl groups is 3. The summed E-state index contributed by atoms with van der Waals surface area (Å²) in [6, 6.07) is 0. The first-order valence-corrected chi connectivity index (χ1v) is 14.2. The molecule has 0 amide bonds. The molecule has 0 aromatic rings. The molecular weight excluding hydrogens is 472 g/mol. The Bertz CT molecular complexity index is 908. The van der Waals surface area contributed by atoms with Crippen molar-refractivity contribution in [2.75, 3.05) is 13.2 Å². The predicted octanol–water partition coefficient (Wildman–Crippen LogP) is 4.28. The molecule has 3 aliphatic rings. The van der Waals surface area contributed by atoms with E-state index in [0.29, 0.717) is 29.6 Å². The van der Waals surface area contributed by atoms with Crippen LogP contribution in [0.1, 0.15) is 92.9 Å². The van der Waals surface area contributed by atoms with Crippen LogP contribution in [-0.4, -0.2) is 64.2 Å². The number of hydrogen-bond acceptors (Lipinski definition) is 7. The zero-order valence-corrected chi connectivity index (χ0v) is 23.6. The number of epoxide rings is 1. The molecule has 7 nitrogen and oxygen atoms in total. The molecule has 37 heavy (non-hydrogen) atoms. The van der Waals surface area contributed by atoms with Gasteiger partial charge in [0.05, 0.1) is 18.6 Å². The third-order valence-corrected chi connectivity index (χ3v) is 9.53. The Morgan fingerprint density at radius 2 is 1.92 bits per heavy atom. The number of ketones is 1. The van der Waals surface area contributed by atoms with Crippen molar-refractivity contribution in [2.24, 2.45) is 23.2 Å². The third-order valence-electron chi connectivity index (χ3n) is 9.53. The van der Waals surface area contributed by atoms with E-state index in [1.807, 2.05) is 6.08 Å². The topological polar surface area (TPSA) is 117 Å². The van der Waals surface area contributed by atoms with Crippen LogP contribution >= 0.6 is 0 Å². The van der Waals surface area contributed by atoms with Crippen LogP contribution in [0.15, 0.2) is 22.8 Å². The maximum absolute atomic E-state index is 13.2. The summed E-state index contributed by atoms with van der Waals surface area (Å²) in [4.78, 5) is 26.4. The quantitative estimate of drug-likeness (QED) is 0.116. The Balaban J connectivity index is 1.71. The number of rotatable bonds is 12. The molecule has 210 valence electrons. The van der Waals surface area contributed by atoms with Crippen molar-refractivity contribution in [3.8, 4) is 0 Å². The lowest BCUT2D eigenvalue weighted by Gasteiger charge is -2.50. The summed E-state index contributed by atoms with van der Waals surface area (Å²) in [6.45, 7) is 11.5. The summed E-state index contributed by atoms with van der Waals surface area (Å²) >= 11 is 0. The second-order valence-electron chi connectivity index (χ2n) is 12.0. The number of Topliss-reactive ketones (excluding diaryl/α,β-unsaturated/α-hetero) is 1. The van der Waals surface area contributed by atoms with Crippen LogP contribution in [0, 0.1) is 23.2 Å². The Morgan fingerprint density at radius 1 is 1.22 bits per heavy atom. The predicted molar refractivity (Wildman–Crippen MR) is 142 cm³/mol. The Morgan fingerprint density at radius 3 is 2.54 bits per heavy atom. The van der Waals surface area contributed by atoms with Gasteiger partial charge in [-0.25, -0.2) is 0 Å². The zero-order valence-electron chi connectivity index (χ0n) is 23.6. The van der Waals surface area contributed by atoms with E-state index in [1.165, 1.54) is 6.42 Å². The van der Waals surface area contributed by atoms with Crippen LogP contribution in [0.2, 0.25) is 0 Å². The first-order valence-electron chi connectivity index (χ1n) is 14.2. The zero-order chi connectivity index (χ0) is 27.5. The molecule has 8 atom stereocenters. The second kappa shape index (κ2) is 12.1. The largest absolute Gasteiger partial charge is 0.459 e. The Hall–Kier alpha value is -1.54. The molecule has 3 fully saturated rings. The average molecular weight is 521 g/mol. The molecule has 8 unspecified atom stereocenters. The lowest BCUT2D eigenvalue weighted by molar-refractivity contribution is -0.171. The van der Waals surface area contributed by atoms with Crippen molar-refractivity contribution in [2.45, 2.75) is 117 Å². The van der Waals surface area contributed by atoms with Crippen LogP contribution in [0.3, 0.4) is 0 Å². The van der Waals surface area contributed by atoms with Crippen LogP contribution in [0.4, 0.5) is 0 Å². The van der Waals surface area contributed by atoms with Gasteiger partial charge >= 0.3 is 5.97 Å². The Kier molecular flexibility index (Phi) is 9.82. The number of carbonyl (C=O) groups excluding carboxylic acids is 2. The highest BCUT2D eigenvalue weighted by Gasteiger charge is 2.79. The van der Waals surface area contributed by atoms with Crippen molar-refractivity contribution < 1.29 is 34.4 Å². The number of unbranched alkanes of at least 4 members (excludes halogenated alkanes) is 3. The van der Waals surface area contributed by atoms with Gasteiger partial charge in [0.25, 0.3) is 0 Å². The molecule has 2 saturated carbocycles. The minimum atomic E-state index is -1.02. The fraction of sp³-hybridized carbons (Fsp3) is 0.800. The molecule has 1 aliphatic heterocycles. The van der Waals surface area contributed by atoms with Crippen molar-refractivity contribution >= 4 is 11.8 Å². The standard InChI is InChI=1S/C30H48O7/c1-7-8-9-10-11-22(17-32)14-18(2)25(33)21(5)28(35)36-24-13-12-20(4)29(6)15-23(19(3)16-31)26(34)27-30(24,29)37-27/h14,20-22,24-25,27,31-33H,7-13,15-17H2,1-6H3/b18-14+,23-19-. The maximum atomic E-state index is 13.2. The van der Waals surface area contributed by atoms with Crippen LogP contribution in [0.25, 0.3) is 0 Å². The highest BCUT2D eigenvalue weighted by atomic mass is 16.7. The van der Waals surface area contributed by atoms with Crippen molar-refractivity contribution in [1.82, 2.24) is 0 Å². The molecule has 2 aliphatic carbocycles. The fourth-order valence-electron chi connectivity index (χ4n) is 6.61. The van der Waals surface area contributed by atoms with E-state index in [4.69, 9.17) is 9.47 Å². The normalized spacial score (nSPS) is 35.2. The first-order chi connectivity index (χ1) is 17.5. The summed E-state index contributed by atoms with van der Waals surface area (Å²) in [5, 5.41) is 30.4. The number of ether oxygens (including phenoxy) is 2. The second-order valence-corrected chi connectivity index (χ2v) is 12.0. The molecule has 0 aromatic carbocycles. The third kappa shape index (κ3) is 5.61. The van der Waals surface area contributed by atoms with Gasteiger partial charge in [-0.1, -0.05) is 52.5 Å². The highest BCUT2D eigenvalue weighted by molar-refractivity contribution is 6.04. The van der Waals surface area contributed by atoms with Crippen molar-refractivity contribution in [3.63, 3.8) is 0 Å². The SMILES string of the molecule is CCCCCCC(/C=C(\C)C(O)C(C)C(=O)OC1CCC(C)C2(C)C/C(=C(\C)CO)C(=O)C3OC132)CO. The van der Waals surface area contributed by atoms with E-state index in [1.54, 1.807) is 20.8 Å². The lowest BCUT2D eigenvalue weighted by atomic mass is 9.53. The monoisotopic (exact) mass is 520 g/mol. The van der Waals surface area contributed by atoms with Gasteiger partial charge in [-0.05, 0) is 69.1 Å². The number of aliphatic hydroxyl groups excluding tert-OH is 3. The van der Waals surface area contributed by atoms with Crippen LogP contribution < -0.4 is 0 Å². The van der Waals surface area contributed by atoms with Gasteiger partial charge in [0.15, 0.2) is 11.9 Å². The van der Waals surface area contributed by atoms with E-state index in [9.17, 15) is 24.9 Å². The molecule has 7 heteroatoms. The van der Waals surface area contributed by atoms with Crippen molar-refractivity contribution in [3.05, 3.63) is 22.8 Å². The average Bonchev–Trinajstić information content (AvgIpc) is 3.65. The highest BCUT2D eigenvalue weighted by Crippen LogP contribution is 2.67. The maximum Gasteiger partial charge on any atom is 0.312 e. The van der Waals surface area contributed by atoms with E-state index >= 15 is 0 Å². The molecular formula is C30H48O7. The number of esters is 1.